The van der Waals surface area contributed by atoms with Gasteiger partial charge in [-0.05, 0) is 19.3 Å². The number of rotatable bonds is 5. The number of carbonyl (C=O) groups is 1. The largest absolute Gasteiger partial charge is 0.450 e. The van der Waals surface area contributed by atoms with Crippen molar-refractivity contribution >= 4 is 6.09 Å². The van der Waals surface area contributed by atoms with E-state index in [9.17, 15) is 9.90 Å². The molecular formula is C9H19NO3. The van der Waals surface area contributed by atoms with Crippen molar-refractivity contribution in [1.29, 1.82) is 0 Å². The van der Waals surface area contributed by atoms with Gasteiger partial charge in [0.05, 0.1) is 12.7 Å². The molecule has 0 bridgehead atoms. The molecule has 13 heavy (non-hydrogen) atoms. The minimum atomic E-state index is -0.482. The van der Waals surface area contributed by atoms with Crippen LogP contribution in [0, 0.1) is 5.92 Å². The Balaban J connectivity index is 3.45. The van der Waals surface area contributed by atoms with E-state index in [1.54, 1.807) is 6.92 Å². The van der Waals surface area contributed by atoms with E-state index in [1.807, 2.05) is 13.8 Å². The Morgan fingerprint density at radius 3 is 2.62 bits per heavy atom. The predicted octanol–water partition coefficient (Wildman–Crippen LogP) is 1.14. The molecule has 1 amide bonds. The van der Waals surface area contributed by atoms with Crippen molar-refractivity contribution in [3.8, 4) is 0 Å². The smallest absolute Gasteiger partial charge is 0.407 e. The van der Waals surface area contributed by atoms with Crippen LogP contribution in [0.4, 0.5) is 4.79 Å². The monoisotopic (exact) mass is 189 g/mol. The van der Waals surface area contributed by atoms with Gasteiger partial charge in [0.2, 0.25) is 0 Å². The van der Waals surface area contributed by atoms with Gasteiger partial charge in [-0.25, -0.2) is 4.79 Å². The zero-order valence-corrected chi connectivity index (χ0v) is 8.54. The van der Waals surface area contributed by atoms with E-state index >= 15 is 0 Å². The lowest BCUT2D eigenvalue weighted by Crippen LogP contribution is -2.33. The van der Waals surface area contributed by atoms with E-state index in [1.165, 1.54) is 0 Å². The van der Waals surface area contributed by atoms with E-state index in [0.717, 1.165) is 0 Å². The van der Waals surface area contributed by atoms with Gasteiger partial charge >= 0.3 is 6.09 Å². The number of carbonyl (C=O) groups excluding carboxylic acids is 1. The maximum atomic E-state index is 10.8. The van der Waals surface area contributed by atoms with Crippen LogP contribution in [-0.2, 0) is 4.74 Å². The number of ether oxygens (including phenoxy) is 1. The second-order valence-corrected chi connectivity index (χ2v) is 3.38. The van der Waals surface area contributed by atoms with Crippen LogP contribution in [0.1, 0.15) is 27.2 Å². The Morgan fingerprint density at radius 2 is 2.15 bits per heavy atom. The Morgan fingerprint density at radius 1 is 1.54 bits per heavy atom. The lowest BCUT2D eigenvalue weighted by atomic mass is 10.1. The number of aliphatic hydroxyl groups is 1. The van der Waals surface area contributed by atoms with Gasteiger partial charge in [0.1, 0.15) is 0 Å². The molecule has 0 radical (unpaired) electrons. The van der Waals surface area contributed by atoms with Crippen LogP contribution in [-0.4, -0.2) is 30.5 Å². The van der Waals surface area contributed by atoms with E-state index in [4.69, 9.17) is 0 Å². The zero-order valence-electron chi connectivity index (χ0n) is 8.54. The van der Waals surface area contributed by atoms with E-state index in [2.05, 4.69) is 10.1 Å². The summed E-state index contributed by atoms with van der Waals surface area (Å²) in [7, 11) is 0. The Bertz CT molecular complexity index is 148. The van der Waals surface area contributed by atoms with Gasteiger partial charge in [-0.2, -0.15) is 0 Å². The number of nitrogens with one attached hydrogen (secondary N) is 1. The van der Waals surface area contributed by atoms with Gasteiger partial charge in [0.25, 0.3) is 0 Å². The molecule has 78 valence electrons. The summed E-state index contributed by atoms with van der Waals surface area (Å²) in [4.78, 5) is 10.8. The van der Waals surface area contributed by atoms with Crippen LogP contribution in [0.25, 0.3) is 0 Å². The molecule has 0 heterocycles. The first-order valence-electron chi connectivity index (χ1n) is 4.65. The summed E-state index contributed by atoms with van der Waals surface area (Å²) >= 11 is 0. The second-order valence-electron chi connectivity index (χ2n) is 3.38. The third kappa shape index (κ3) is 7.59. The zero-order chi connectivity index (χ0) is 10.3. The summed E-state index contributed by atoms with van der Waals surface area (Å²) in [5, 5.41) is 11.8. The Kier molecular flexibility index (Phi) is 6.32. The summed E-state index contributed by atoms with van der Waals surface area (Å²) in [6.07, 6.45) is -0.262. The van der Waals surface area contributed by atoms with E-state index in [0.29, 0.717) is 18.9 Å². The third-order valence-electron chi connectivity index (χ3n) is 1.50. The Hall–Kier alpha value is -0.770. The van der Waals surface area contributed by atoms with Crippen molar-refractivity contribution in [3.63, 3.8) is 0 Å². The van der Waals surface area contributed by atoms with Crippen molar-refractivity contribution < 1.29 is 14.6 Å². The molecule has 2 N–H and O–H groups in total. The minimum Gasteiger partial charge on any atom is -0.450 e. The number of hydrogen-bond donors (Lipinski definition) is 2. The molecule has 1 unspecified atom stereocenters. The molecule has 0 aromatic heterocycles. The van der Waals surface area contributed by atoms with Crippen molar-refractivity contribution in [3.05, 3.63) is 0 Å². The number of aliphatic hydroxyl groups excluding tert-OH is 1. The first kappa shape index (κ1) is 12.2. The van der Waals surface area contributed by atoms with Crippen LogP contribution in [0.2, 0.25) is 0 Å². The Labute approximate surface area is 79.3 Å². The van der Waals surface area contributed by atoms with Gasteiger partial charge in [-0.15, -0.1) is 0 Å². The number of alkyl carbamates (subject to hydrolysis) is 1. The van der Waals surface area contributed by atoms with Crippen LogP contribution in [0.15, 0.2) is 0 Å². The lowest BCUT2D eigenvalue weighted by Gasteiger charge is -2.13. The first-order valence-corrected chi connectivity index (χ1v) is 4.65. The fourth-order valence-electron chi connectivity index (χ4n) is 1.01. The number of amides is 1. The van der Waals surface area contributed by atoms with Crippen LogP contribution in [0.3, 0.4) is 0 Å². The summed E-state index contributed by atoms with van der Waals surface area (Å²) in [6, 6.07) is 0. The van der Waals surface area contributed by atoms with Crippen molar-refractivity contribution in [2.24, 2.45) is 5.92 Å². The fraction of sp³-hybridized carbons (Fsp3) is 0.889. The molecule has 0 aliphatic rings. The molecule has 4 heteroatoms. The predicted molar refractivity (Wildman–Crippen MR) is 50.5 cm³/mol. The highest BCUT2D eigenvalue weighted by Gasteiger charge is 2.08. The molecule has 0 aromatic carbocycles. The standard InChI is InChI=1S/C9H19NO3/c1-4-13-9(12)10-6-8(11)5-7(2)3/h7-8,11H,4-6H2,1-3H3,(H,10,12). The van der Waals surface area contributed by atoms with Crippen LogP contribution >= 0.6 is 0 Å². The highest BCUT2D eigenvalue weighted by molar-refractivity contribution is 5.67. The average Bonchev–Trinajstić information content (AvgIpc) is 2.00. The van der Waals surface area contributed by atoms with Gasteiger partial charge in [0, 0.05) is 6.54 Å². The maximum absolute atomic E-state index is 10.8. The molecule has 1 atom stereocenters. The molecule has 0 rings (SSSR count). The summed E-state index contributed by atoms with van der Waals surface area (Å²) in [5.41, 5.74) is 0. The highest BCUT2D eigenvalue weighted by Crippen LogP contribution is 2.03. The molecular weight excluding hydrogens is 170 g/mol. The van der Waals surface area contributed by atoms with Gasteiger partial charge in [0.15, 0.2) is 0 Å². The molecule has 4 nitrogen and oxygen atoms in total. The van der Waals surface area contributed by atoms with Crippen LogP contribution in [0.5, 0.6) is 0 Å². The molecule has 0 saturated carbocycles. The van der Waals surface area contributed by atoms with Crippen molar-refractivity contribution in [2.45, 2.75) is 33.3 Å². The molecule has 0 aliphatic carbocycles. The summed E-state index contributed by atoms with van der Waals surface area (Å²) in [5.74, 6) is 0.430. The topological polar surface area (TPSA) is 58.6 Å². The second kappa shape index (κ2) is 6.71. The van der Waals surface area contributed by atoms with Crippen molar-refractivity contribution in [2.75, 3.05) is 13.2 Å². The molecule has 0 aromatic rings. The average molecular weight is 189 g/mol. The van der Waals surface area contributed by atoms with Gasteiger partial charge in [-0.3, -0.25) is 0 Å². The summed E-state index contributed by atoms with van der Waals surface area (Å²) in [6.45, 7) is 6.40. The van der Waals surface area contributed by atoms with Gasteiger partial charge < -0.3 is 15.2 Å². The normalized spacial score (nSPS) is 12.7. The van der Waals surface area contributed by atoms with E-state index < -0.39 is 12.2 Å². The first-order chi connectivity index (χ1) is 6.06. The molecule has 0 aliphatic heterocycles. The fourth-order valence-corrected chi connectivity index (χ4v) is 1.01. The van der Waals surface area contributed by atoms with Crippen LogP contribution < -0.4 is 5.32 Å². The maximum Gasteiger partial charge on any atom is 0.407 e. The quantitative estimate of drug-likeness (QED) is 0.681. The summed E-state index contributed by atoms with van der Waals surface area (Å²) < 4.78 is 4.64. The molecule has 0 spiro atoms. The van der Waals surface area contributed by atoms with Crippen molar-refractivity contribution in [1.82, 2.24) is 5.32 Å². The van der Waals surface area contributed by atoms with Gasteiger partial charge in [-0.1, -0.05) is 13.8 Å². The molecule has 0 fully saturated rings. The number of hydrogen-bond acceptors (Lipinski definition) is 3. The highest BCUT2D eigenvalue weighted by atomic mass is 16.5. The van der Waals surface area contributed by atoms with E-state index in [-0.39, 0.29) is 6.54 Å². The molecule has 0 saturated heterocycles. The minimum absolute atomic E-state index is 0.261. The lowest BCUT2D eigenvalue weighted by molar-refractivity contribution is 0.125. The SMILES string of the molecule is CCOC(=O)NCC(O)CC(C)C. The third-order valence-corrected chi connectivity index (χ3v) is 1.50.